The van der Waals surface area contributed by atoms with Crippen molar-refractivity contribution >= 4 is 16.0 Å². The summed E-state index contributed by atoms with van der Waals surface area (Å²) in [6, 6.07) is 4.38. The Morgan fingerprint density at radius 2 is 1.80 bits per heavy atom. The van der Waals surface area contributed by atoms with Gasteiger partial charge in [-0.3, -0.25) is 4.79 Å². The van der Waals surface area contributed by atoms with E-state index in [1.165, 1.54) is 12.1 Å². The molecule has 0 unspecified atom stereocenters. The van der Waals surface area contributed by atoms with Crippen LogP contribution in [0, 0.1) is 5.41 Å². The first kappa shape index (κ1) is 18.0. The van der Waals surface area contributed by atoms with E-state index in [4.69, 9.17) is 14.2 Å². The fraction of sp³-hybridized carbons (Fsp3) is 0.562. The summed E-state index contributed by atoms with van der Waals surface area (Å²) in [6.45, 7) is 1.39. The third-order valence-corrected chi connectivity index (χ3v) is 5.93. The Labute approximate surface area is 146 Å². The van der Waals surface area contributed by atoms with Crippen LogP contribution in [0.5, 0.6) is 11.5 Å². The van der Waals surface area contributed by atoms with Gasteiger partial charge in [-0.1, -0.05) is 0 Å². The number of carbonyl (C=O) groups is 1. The van der Waals surface area contributed by atoms with Gasteiger partial charge in [-0.2, -0.15) is 0 Å². The summed E-state index contributed by atoms with van der Waals surface area (Å²) in [5, 5.41) is 9.52. The summed E-state index contributed by atoms with van der Waals surface area (Å²) in [6.07, 6.45) is 1.26. The molecule has 2 heterocycles. The van der Waals surface area contributed by atoms with Crippen LogP contribution in [0.25, 0.3) is 0 Å². The van der Waals surface area contributed by atoms with Crippen LogP contribution >= 0.6 is 0 Å². The van der Waals surface area contributed by atoms with E-state index in [1.54, 1.807) is 6.07 Å². The highest BCUT2D eigenvalue weighted by Gasteiger charge is 2.41. The highest BCUT2D eigenvalue weighted by Crippen LogP contribution is 2.33. The maximum Gasteiger partial charge on any atom is 0.311 e. The van der Waals surface area contributed by atoms with Gasteiger partial charge in [0, 0.05) is 32.2 Å². The van der Waals surface area contributed by atoms with Crippen molar-refractivity contribution in [3.05, 3.63) is 18.2 Å². The number of benzene rings is 1. The quantitative estimate of drug-likeness (QED) is 0.794. The van der Waals surface area contributed by atoms with E-state index in [9.17, 15) is 18.3 Å². The lowest BCUT2D eigenvalue weighted by molar-refractivity contribution is -0.154. The molecule has 0 aromatic heterocycles. The summed E-state index contributed by atoms with van der Waals surface area (Å²) in [5.74, 6) is -0.139. The molecule has 3 rings (SSSR count). The van der Waals surface area contributed by atoms with Crippen molar-refractivity contribution in [1.29, 1.82) is 0 Å². The van der Waals surface area contributed by atoms with E-state index in [0.717, 1.165) is 6.42 Å². The molecular formula is C16H21NO7S. The molecule has 0 radical (unpaired) electrons. The SMILES string of the molecule is O=C(O)C1(CNS(=O)(=O)c2ccc3c(c2)OCCCO3)CCOCC1. The third kappa shape index (κ3) is 3.88. The smallest absolute Gasteiger partial charge is 0.311 e. The molecule has 1 saturated heterocycles. The van der Waals surface area contributed by atoms with Crippen LogP contribution in [0.2, 0.25) is 0 Å². The van der Waals surface area contributed by atoms with Crippen LogP contribution in [-0.2, 0) is 19.6 Å². The molecule has 2 aliphatic heterocycles. The van der Waals surface area contributed by atoms with Crippen LogP contribution in [0.4, 0.5) is 0 Å². The summed E-state index contributed by atoms with van der Waals surface area (Å²) >= 11 is 0. The maximum absolute atomic E-state index is 12.6. The van der Waals surface area contributed by atoms with Crippen molar-refractivity contribution in [1.82, 2.24) is 4.72 Å². The van der Waals surface area contributed by atoms with E-state index in [-0.39, 0.29) is 24.3 Å². The van der Waals surface area contributed by atoms with Crippen LogP contribution in [0.15, 0.2) is 23.1 Å². The summed E-state index contributed by atoms with van der Waals surface area (Å²) in [4.78, 5) is 11.7. The van der Waals surface area contributed by atoms with Gasteiger partial charge in [-0.25, -0.2) is 13.1 Å². The molecule has 138 valence electrons. The lowest BCUT2D eigenvalue weighted by Crippen LogP contribution is -2.46. The predicted molar refractivity (Wildman–Crippen MR) is 87.4 cm³/mol. The lowest BCUT2D eigenvalue weighted by atomic mass is 9.80. The van der Waals surface area contributed by atoms with E-state index < -0.39 is 21.4 Å². The number of fused-ring (bicyclic) bond motifs is 1. The molecule has 0 aliphatic carbocycles. The zero-order valence-electron chi connectivity index (χ0n) is 13.7. The maximum atomic E-state index is 12.6. The van der Waals surface area contributed by atoms with Crippen molar-refractivity contribution in [2.75, 3.05) is 33.0 Å². The molecule has 2 N–H and O–H groups in total. The first-order chi connectivity index (χ1) is 11.9. The zero-order chi connectivity index (χ0) is 17.9. The molecule has 1 aromatic carbocycles. The van der Waals surface area contributed by atoms with Gasteiger partial charge in [0.15, 0.2) is 11.5 Å². The molecule has 8 nitrogen and oxygen atoms in total. The number of rotatable bonds is 5. The van der Waals surface area contributed by atoms with Gasteiger partial charge in [0.05, 0.1) is 23.5 Å². The Kier molecular flexibility index (Phi) is 5.16. The number of hydrogen-bond acceptors (Lipinski definition) is 6. The molecule has 0 saturated carbocycles. The van der Waals surface area contributed by atoms with Crippen LogP contribution in [0.3, 0.4) is 0 Å². The Bertz CT molecular complexity index is 741. The molecule has 25 heavy (non-hydrogen) atoms. The highest BCUT2D eigenvalue weighted by atomic mass is 32.2. The number of sulfonamides is 1. The van der Waals surface area contributed by atoms with Gasteiger partial charge >= 0.3 is 5.97 Å². The van der Waals surface area contributed by atoms with E-state index in [2.05, 4.69) is 4.72 Å². The Hall–Kier alpha value is -1.84. The first-order valence-corrected chi connectivity index (χ1v) is 9.62. The minimum Gasteiger partial charge on any atom is -0.490 e. The Morgan fingerprint density at radius 3 is 2.48 bits per heavy atom. The molecular weight excluding hydrogens is 350 g/mol. The largest absolute Gasteiger partial charge is 0.490 e. The number of ether oxygens (including phenoxy) is 3. The van der Waals surface area contributed by atoms with Crippen molar-refractivity contribution in [3.8, 4) is 11.5 Å². The average Bonchev–Trinajstić information content (AvgIpc) is 2.85. The monoisotopic (exact) mass is 371 g/mol. The first-order valence-electron chi connectivity index (χ1n) is 8.13. The van der Waals surface area contributed by atoms with Gasteiger partial charge < -0.3 is 19.3 Å². The van der Waals surface area contributed by atoms with Gasteiger partial charge in [0.1, 0.15) is 0 Å². The fourth-order valence-electron chi connectivity index (χ4n) is 2.86. The fourth-order valence-corrected chi connectivity index (χ4v) is 4.00. The molecule has 9 heteroatoms. The van der Waals surface area contributed by atoms with Gasteiger partial charge in [0.2, 0.25) is 10.0 Å². The molecule has 0 bridgehead atoms. The van der Waals surface area contributed by atoms with Crippen molar-refractivity contribution in [2.45, 2.75) is 24.2 Å². The normalized spacial score (nSPS) is 19.8. The van der Waals surface area contributed by atoms with Crippen LogP contribution < -0.4 is 14.2 Å². The Morgan fingerprint density at radius 1 is 1.12 bits per heavy atom. The third-order valence-electron chi connectivity index (χ3n) is 4.53. The Balaban J connectivity index is 1.77. The summed E-state index contributed by atoms with van der Waals surface area (Å²) < 4.78 is 43.8. The van der Waals surface area contributed by atoms with Crippen molar-refractivity contribution < 1.29 is 32.5 Å². The molecule has 1 fully saturated rings. The van der Waals surface area contributed by atoms with Gasteiger partial charge in [0.25, 0.3) is 0 Å². The van der Waals surface area contributed by atoms with Crippen molar-refractivity contribution in [2.24, 2.45) is 5.41 Å². The van der Waals surface area contributed by atoms with Crippen molar-refractivity contribution in [3.63, 3.8) is 0 Å². The van der Waals surface area contributed by atoms with Crippen LogP contribution in [-0.4, -0.2) is 52.5 Å². The van der Waals surface area contributed by atoms with E-state index >= 15 is 0 Å². The summed E-state index contributed by atoms with van der Waals surface area (Å²) in [5.41, 5.74) is -1.14. The topological polar surface area (TPSA) is 111 Å². The number of carboxylic acid groups (broad SMARTS) is 1. The molecule has 2 aliphatic rings. The highest BCUT2D eigenvalue weighted by molar-refractivity contribution is 7.89. The number of carboxylic acids is 1. The minimum absolute atomic E-state index is 0.0179. The minimum atomic E-state index is -3.87. The second kappa shape index (κ2) is 7.19. The molecule has 1 aromatic rings. The van der Waals surface area contributed by atoms with E-state index in [1.807, 2.05) is 0 Å². The second-order valence-corrected chi connectivity index (χ2v) is 7.95. The van der Waals surface area contributed by atoms with Gasteiger partial charge in [-0.05, 0) is 25.0 Å². The lowest BCUT2D eigenvalue weighted by Gasteiger charge is -2.33. The molecule has 0 atom stereocenters. The van der Waals surface area contributed by atoms with Gasteiger partial charge in [-0.15, -0.1) is 0 Å². The van der Waals surface area contributed by atoms with E-state index in [0.29, 0.717) is 37.9 Å². The molecule has 0 amide bonds. The summed E-state index contributed by atoms with van der Waals surface area (Å²) in [7, 11) is -3.87. The molecule has 0 spiro atoms. The zero-order valence-corrected chi connectivity index (χ0v) is 14.5. The number of hydrogen-bond donors (Lipinski definition) is 2. The predicted octanol–water partition coefficient (Wildman–Crippen LogP) is 1.01. The number of nitrogens with one attached hydrogen (secondary N) is 1. The average molecular weight is 371 g/mol. The van der Waals surface area contributed by atoms with Crippen LogP contribution in [0.1, 0.15) is 19.3 Å². The second-order valence-electron chi connectivity index (χ2n) is 6.18. The standard InChI is InChI=1S/C16H21NO7S/c18-15(19)16(4-8-22-9-5-16)11-17-25(20,21)12-2-3-13-14(10-12)24-7-1-6-23-13/h2-3,10,17H,1,4-9,11H2,(H,18,19). The number of aliphatic carboxylic acids is 1.